The van der Waals surface area contributed by atoms with E-state index in [9.17, 15) is 9.18 Å². The van der Waals surface area contributed by atoms with Crippen molar-refractivity contribution in [3.8, 4) is 6.07 Å². The lowest BCUT2D eigenvalue weighted by atomic mass is 10.1. The monoisotopic (exact) mass is 250 g/mol. The first kappa shape index (κ1) is 14.1. The highest BCUT2D eigenvalue weighted by molar-refractivity contribution is 5.71. The zero-order valence-corrected chi connectivity index (χ0v) is 10.4. The van der Waals surface area contributed by atoms with Gasteiger partial charge < -0.3 is 4.74 Å². The van der Waals surface area contributed by atoms with Gasteiger partial charge in [-0.05, 0) is 24.7 Å². The average Bonchev–Trinajstić information content (AvgIpc) is 2.39. The van der Waals surface area contributed by atoms with E-state index in [4.69, 9.17) is 5.26 Å². The molecule has 5 heteroatoms. The number of halogens is 1. The van der Waals surface area contributed by atoms with Crippen LogP contribution in [0.4, 0.5) is 4.39 Å². The van der Waals surface area contributed by atoms with Gasteiger partial charge in [0.1, 0.15) is 5.82 Å². The van der Waals surface area contributed by atoms with Crippen LogP contribution in [0.25, 0.3) is 0 Å². The Kier molecular flexibility index (Phi) is 5.28. The molecular weight excluding hydrogens is 235 g/mol. The molecule has 0 aromatic heterocycles. The summed E-state index contributed by atoms with van der Waals surface area (Å²) < 4.78 is 18.1. The quantitative estimate of drug-likeness (QED) is 0.746. The molecule has 0 aliphatic carbocycles. The van der Waals surface area contributed by atoms with E-state index in [1.54, 1.807) is 4.90 Å². The van der Waals surface area contributed by atoms with Crippen LogP contribution in [0, 0.1) is 17.1 Å². The fourth-order valence-corrected chi connectivity index (χ4v) is 1.53. The van der Waals surface area contributed by atoms with Crippen molar-refractivity contribution in [2.45, 2.75) is 13.5 Å². The van der Waals surface area contributed by atoms with E-state index in [2.05, 4.69) is 4.74 Å². The number of likely N-dealkylation sites (N-methyl/N-ethyl adjacent to an activating group) is 1. The van der Waals surface area contributed by atoms with Crippen molar-refractivity contribution < 1.29 is 13.9 Å². The molecule has 4 nitrogen and oxygen atoms in total. The van der Waals surface area contributed by atoms with E-state index in [-0.39, 0.29) is 24.9 Å². The molecule has 0 spiro atoms. The number of esters is 1. The maximum atomic E-state index is 13.6. The highest BCUT2D eigenvalue weighted by Gasteiger charge is 2.12. The van der Waals surface area contributed by atoms with Crippen LogP contribution < -0.4 is 0 Å². The molecule has 1 rings (SSSR count). The number of rotatable bonds is 5. The topological polar surface area (TPSA) is 53.3 Å². The smallest absolute Gasteiger partial charge is 0.319 e. The highest BCUT2D eigenvalue weighted by Crippen LogP contribution is 2.12. The van der Waals surface area contributed by atoms with Gasteiger partial charge in [-0.25, -0.2) is 4.39 Å². The van der Waals surface area contributed by atoms with Gasteiger partial charge in [0.05, 0.1) is 25.3 Å². The summed E-state index contributed by atoms with van der Waals surface area (Å²) in [6.07, 6.45) is 0. The molecule has 0 aliphatic rings. The van der Waals surface area contributed by atoms with E-state index in [1.165, 1.54) is 25.3 Å². The van der Waals surface area contributed by atoms with Crippen molar-refractivity contribution in [3.05, 3.63) is 35.1 Å². The number of carbonyl (C=O) groups is 1. The number of methoxy groups -OCH3 is 1. The molecular formula is C13H15FN2O2. The molecule has 0 aliphatic heterocycles. The van der Waals surface area contributed by atoms with Gasteiger partial charge in [0.2, 0.25) is 0 Å². The fraction of sp³-hybridized carbons (Fsp3) is 0.385. The Hall–Kier alpha value is -1.93. The number of hydrogen-bond acceptors (Lipinski definition) is 4. The number of nitrogens with zero attached hydrogens (tertiary/aromatic N) is 2. The van der Waals surface area contributed by atoms with Crippen LogP contribution in [0.15, 0.2) is 18.2 Å². The van der Waals surface area contributed by atoms with Crippen molar-refractivity contribution in [2.24, 2.45) is 0 Å². The molecule has 1 aromatic rings. The Morgan fingerprint density at radius 3 is 2.83 bits per heavy atom. The molecule has 0 atom stereocenters. The number of nitriles is 1. The molecule has 0 heterocycles. The van der Waals surface area contributed by atoms with E-state index >= 15 is 0 Å². The molecule has 0 amide bonds. The molecule has 0 fully saturated rings. The molecule has 0 unspecified atom stereocenters. The Morgan fingerprint density at radius 2 is 2.28 bits per heavy atom. The second kappa shape index (κ2) is 6.72. The molecule has 0 saturated carbocycles. The Morgan fingerprint density at radius 1 is 1.56 bits per heavy atom. The summed E-state index contributed by atoms with van der Waals surface area (Å²) in [5, 5.41) is 8.77. The van der Waals surface area contributed by atoms with Crippen molar-refractivity contribution in [1.82, 2.24) is 4.90 Å². The van der Waals surface area contributed by atoms with Gasteiger partial charge in [-0.1, -0.05) is 6.92 Å². The lowest BCUT2D eigenvalue weighted by molar-refractivity contribution is -0.142. The van der Waals surface area contributed by atoms with E-state index in [1.807, 2.05) is 13.0 Å². The largest absolute Gasteiger partial charge is 0.468 e. The normalized spacial score (nSPS) is 10.2. The Labute approximate surface area is 106 Å². The van der Waals surface area contributed by atoms with Gasteiger partial charge >= 0.3 is 5.97 Å². The summed E-state index contributed by atoms with van der Waals surface area (Å²) >= 11 is 0. The van der Waals surface area contributed by atoms with Crippen LogP contribution in [0.5, 0.6) is 0 Å². The molecule has 0 saturated heterocycles. The minimum atomic E-state index is -0.377. The van der Waals surface area contributed by atoms with Gasteiger partial charge in [-0.2, -0.15) is 5.26 Å². The summed E-state index contributed by atoms with van der Waals surface area (Å²) in [5.41, 5.74) is 0.806. The molecule has 0 radical (unpaired) electrons. The maximum Gasteiger partial charge on any atom is 0.319 e. The first-order valence-electron chi connectivity index (χ1n) is 5.58. The average molecular weight is 250 g/mol. The summed E-state index contributed by atoms with van der Waals surface area (Å²) in [5.74, 6) is -0.744. The van der Waals surface area contributed by atoms with Gasteiger partial charge in [0.15, 0.2) is 0 Å². The molecule has 0 N–H and O–H groups in total. The van der Waals surface area contributed by atoms with E-state index < -0.39 is 0 Å². The number of hydrogen-bond donors (Lipinski definition) is 0. The molecule has 96 valence electrons. The van der Waals surface area contributed by atoms with Crippen LogP contribution in [0.3, 0.4) is 0 Å². The second-order valence-corrected chi connectivity index (χ2v) is 3.80. The van der Waals surface area contributed by atoms with E-state index in [0.717, 1.165) is 0 Å². The molecule has 0 bridgehead atoms. The maximum absolute atomic E-state index is 13.6. The summed E-state index contributed by atoms with van der Waals surface area (Å²) in [6, 6.07) is 6.15. The Bertz CT molecular complexity index is 469. The van der Waals surface area contributed by atoms with Crippen LogP contribution in [0.2, 0.25) is 0 Å². The third kappa shape index (κ3) is 3.82. The van der Waals surface area contributed by atoms with Gasteiger partial charge in [0, 0.05) is 12.1 Å². The zero-order chi connectivity index (χ0) is 13.5. The second-order valence-electron chi connectivity index (χ2n) is 3.80. The summed E-state index contributed by atoms with van der Waals surface area (Å²) in [7, 11) is 1.31. The Balaban J connectivity index is 2.81. The van der Waals surface area contributed by atoms with Crippen molar-refractivity contribution in [3.63, 3.8) is 0 Å². The number of benzene rings is 1. The third-order valence-electron chi connectivity index (χ3n) is 2.60. The van der Waals surface area contributed by atoms with Crippen LogP contribution in [0.1, 0.15) is 18.1 Å². The van der Waals surface area contributed by atoms with Crippen molar-refractivity contribution >= 4 is 5.97 Å². The predicted molar refractivity (Wildman–Crippen MR) is 64.1 cm³/mol. The number of carbonyl (C=O) groups excluding carboxylic acids is 1. The first-order valence-corrected chi connectivity index (χ1v) is 5.58. The van der Waals surface area contributed by atoms with Crippen LogP contribution >= 0.6 is 0 Å². The lowest BCUT2D eigenvalue weighted by Gasteiger charge is -2.19. The molecule has 18 heavy (non-hydrogen) atoms. The standard InChI is InChI=1S/C13H15FN2O2/c1-3-16(9-13(17)18-2)8-11-6-10(7-15)4-5-12(11)14/h4-6H,3,8-9H2,1-2H3. The van der Waals surface area contributed by atoms with E-state index in [0.29, 0.717) is 17.7 Å². The SMILES string of the molecule is CCN(CC(=O)OC)Cc1cc(C#N)ccc1F. The first-order chi connectivity index (χ1) is 8.60. The lowest BCUT2D eigenvalue weighted by Crippen LogP contribution is -2.30. The minimum Gasteiger partial charge on any atom is -0.468 e. The van der Waals surface area contributed by atoms with Gasteiger partial charge in [0.25, 0.3) is 0 Å². The summed E-state index contributed by atoms with van der Waals surface area (Å²) in [4.78, 5) is 12.9. The van der Waals surface area contributed by atoms with Crippen molar-refractivity contribution in [1.29, 1.82) is 5.26 Å². The minimum absolute atomic E-state index is 0.100. The van der Waals surface area contributed by atoms with Crippen LogP contribution in [-0.2, 0) is 16.1 Å². The zero-order valence-electron chi connectivity index (χ0n) is 10.4. The number of ether oxygens (including phenoxy) is 1. The molecule has 1 aromatic carbocycles. The highest BCUT2D eigenvalue weighted by atomic mass is 19.1. The summed E-state index contributed by atoms with van der Waals surface area (Å²) in [6.45, 7) is 2.83. The van der Waals surface area contributed by atoms with Gasteiger partial charge in [-0.3, -0.25) is 9.69 Å². The fourth-order valence-electron chi connectivity index (χ4n) is 1.53. The predicted octanol–water partition coefficient (Wildman–Crippen LogP) is 1.69. The third-order valence-corrected chi connectivity index (χ3v) is 2.60. The van der Waals surface area contributed by atoms with Gasteiger partial charge in [-0.15, -0.1) is 0 Å². The van der Waals surface area contributed by atoms with Crippen LogP contribution in [-0.4, -0.2) is 31.1 Å². The van der Waals surface area contributed by atoms with Crippen molar-refractivity contribution in [2.75, 3.05) is 20.2 Å².